The van der Waals surface area contributed by atoms with E-state index in [0.717, 1.165) is 37.3 Å². The first-order valence-electron chi connectivity index (χ1n) is 11.6. The summed E-state index contributed by atoms with van der Waals surface area (Å²) in [5.41, 5.74) is 2.97. The van der Waals surface area contributed by atoms with Gasteiger partial charge in [-0.25, -0.2) is 14.5 Å². The van der Waals surface area contributed by atoms with Crippen molar-refractivity contribution in [1.82, 2.24) is 24.6 Å². The van der Waals surface area contributed by atoms with E-state index >= 15 is 0 Å². The third-order valence-electron chi connectivity index (χ3n) is 5.95. The lowest BCUT2D eigenvalue weighted by atomic mass is 9.98. The first kappa shape index (κ1) is 23.4. The molecule has 9 nitrogen and oxygen atoms in total. The molecule has 3 heterocycles. The number of hydrogen-bond donors (Lipinski definition) is 1. The molecule has 1 N–H and O–H groups in total. The largest absolute Gasteiger partial charge is 0.462 e. The maximum atomic E-state index is 13.3. The lowest BCUT2D eigenvalue weighted by Crippen LogP contribution is -2.38. The highest BCUT2D eigenvalue weighted by Crippen LogP contribution is 2.26. The maximum Gasteiger partial charge on any atom is 0.343 e. The quantitative estimate of drug-likeness (QED) is 0.551. The number of carbonyl (C=O) groups excluding carboxylic acids is 2. The summed E-state index contributed by atoms with van der Waals surface area (Å²) in [6, 6.07) is 9.18. The highest BCUT2D eigenvalue weighted by atomic mass is 16.5. The fraction of sp³-hybridized carbons (Fsp3) is 0.400. The van der Waals surface area contributed by atoms with Crippen LogP contribution in [0.2, 0.25) is 0 Å². The smallest absolute Gasteiger partial charge is 0.343 e. The zero-order chi connectivity index (χ0) is 24.2. The van der Waals surface area contributed by atoms with Gasteiger partial charge in [0, 0.05) is 25.0 Å². The zero-order valence-corrected chi connectivity index (χ0v) is 20.0. The number of ether oxygens (including phenoxy) is 1. The average molecular weight is 463 g/mol. The lowest BCUT2D eigenvalue weighted by molar-refractivity contribution is 0.0526. The number of rotatable bonds is 6. The number of para-hydroxylation sites is 1. The van der Waals surface area contributed by atoms with Gasteiger partial charge in [0.2, 0.25) is 0 Å². The molecular formula is C25H30N6O3. The Balaban J connectivity index is 1.71. The van der Waals surface area contributed by atoms with Crippen LogP contribution in [0.4, 0.5) is 11.5 Å². The van der Waals surface area contributed by atoms with E-state index in [-0.39, 0.29) is 23.9 Å². The van der Waals surface area contributed by atoms with Crippen molar-refractivity contribution in [1.29, 1.82) is 0 Å². The van der Waals surface area contributed by atoms with E-state index in [4.69, 9.17) is 4.74 Å². The highest BCUT2D eigenvalue weighted by Gasteiger charge is 2.24. The number of aromatic nitrogens is 4. The molecule has 0 radical (unpaired) electrons. The van der Waals surface area contributed by atoms with E-state index < -0.39 is 5.97 Å². The van der Waals surface area contributed by atoms with Crippen LogP contribution in [0.1, 0.15) is 58.8 Å². The molecule has 1 aliphatic heterocycles. The van der Waals surface area contributed by atoms with Gasteiger partial charge in [-0.2, -0.15) is 10.1 Å². The Morgan fingerprint density at radius 2 is 1.88 bits per heavy atom. The Morgan fingerprint density at radius 3 is 2.56 bits per heavy atom. The molecule has 2 aromatic heterocycles. The Kier molecular flexibility index (Phi) is 6.90. The molecule has 1 aliphatic rings. The van der Waals surface area contributed by atoms with E-state index in [1.165, 1.54) is 6.20 Å². The average Bonchev–Trinajstić information content (AvgIpc) is 3.17. The lowest BCUT2D eigenvalue weighted by Gasteiger charge is -2.31. The van der Waals surface area contributed by atoms with E-state index in [9.17, 15) is 9.59 Å². The zero-order valence-electron chi connectivity index (χ0n) is 20.0. The van der Waals surface area contributed by atoms with Crippen molar-refractivity contribution in [2.24, 2.45) is 5.92 Å². The Morgan fingerprint density at radius 1 is 1.15 bits per heavy atom. The molecule has 1 saturated heterocycles. The predicted molar refractivity (Wildman–Crippen MR) is 129 cm³/mol. The van der Waals surface area contributed by atoms with Crippen LogP contribution >= 0.6 is 0 Å². The normalized spacial score (nSPS) is 14.2. The summed E-state index contributed by atoms with van der Waals surface area (Å²) in [5.74, 6) is 0.608. The molecule has 4 rings (SSSR count). The molecule has 0 saturated carbocycles. The minimum absolute atomic E-state index is 0.0412. The number of likely N-dealkylation sites (tertiary alicyclic amines) is 1. The minimum Gasteiger partial charge on any atom is -0.462 e. The summed E-state index contributed by atoms with van der Waals surface area (Å²) >= 11 is 0. The van der Waals surface area contributed by atoms with Gasteiger partial charge in [0.15, 0.2) is 5.82 Å². The van der Waals surface area contributed by atoms with Crippen molar-refractivity contribution in [2.75, 3.05) is 25.0 Å². The van der Waals surface area contributed by atoms with Crippen LogP contribution in [0.25, 0.3) is 5.95 Å². The van der Waals surface area contributed by atoms with Crippen molar-refractivity contribution < 1.29 is 14.3 Å². The van der Waals surface area contributed by atoms with Crippen LogP contribution in [0, 0.1) is 19.8 Å². The molecule has 0 aliphatic carbocycles. The first-order chi connectivity index (χ1) is 16.4. The predicted octanol–water partition coefficient (Wildman–Crippen LogP) is 4.07. The molecule has 0 atom stereocenters. The molecule has 1 aromatic carbocycles. The van der Waals surface area contributed by atoms with Gasteiger partial charge >= 0.3 is 5.97 Å². The number of carbonyl (C=O) groups is 2. The van der Waals surface area contributed by atoms with E-state index in [2.05, 4.69) is 27.3 Å². The van der Waals surface area contributed by atoms with Gasteiger partial charge in [-0.3, -0.25) is 4.79 Å². The molecule has 1 amide bonds. The number of benzene rings is 1. The van der Waals surface area contributed by atoms with Gasteiger partial charge in [0.1, 0.15) is 5.56 Å². The maximum absolute atomic E-state index is 13.3. The van der Waals surface area contributed by atoms with Gasteiger partial charge < -0.3 is 15.0 Å². The van der Waals surface area contributed by atoms with Crippen molar-refractivity contribution in [2.45, 2.75) is 40.5 Å². The summed E-state index contributed by atoms with van der Waals surface area (Å²) in [6.07, 6.45) is 3.41. The van der Waals surface area contributed by atoms with Gasteiger partial charge in [0.25, 0.3) is 11.9 Å². The first-order valence-corrected chi connectivity index (χ1v) is 11.6. The molecule has 9 heteroatoms. The third kappa shape index (κ3) is 4.93. The molecule has 0 bridgehead atoms. The second-order valence-electron chi connectivity index (χ2n) is 8.64. The molecule has 3 aromatic rings. The number of piperidine rings is 1. The van der Waals surface area contributed by atoms with Crippen molar-refractivity contribution in [3.8, 4) is 5.95 Å². The molecular weight excluding hydrogens is 432 g/mol. The number of hydrogen-bond acceptors (Lipinski definition) is 7. The van der Waals surface area contributed by atoms with Gasteiger partial charge in [-0.05, 0) is 57.7 Å². The summed E-state index contributed by atoms with van der Waals surface area (Å²) < 4.78 is 6.82. The van der Waals surface area contributed by atoms with E-state index in [1.807, 2.05) is 36.9 Å². The van der Waals surface area contributed by atoms with Gasteiger partial charge in [-0.1, -0.05) is 19.1 Å². The van der Waals surface area contributed by atoms with Crippen LogP contribution in [-0.4, -0.2) is 56.2 Å². The van der Waals surface area contributed by atoms with Crippen molar-refractivity contribution in [3.63, 3.8) is 0 Å². The second-order valence-corrected chi connectivity index (χ2v) is 8.64. The summed E-state index contributed by atoms with van der Waals surface area (Å²) in [5, 5.41) is 7.64. The van der Waals surface area contributed by atoms with Crippen LogP contribution in [0.3, 0.4) is 0 Å². The summed E-state index contributed by atoms with van der Waals surface area (Å²) in [7, 11) is 0. The van der Waals surface area contributed by atoms with Crippen LogP contribution < -0.4 is 5.32 Å². The fourth-order valence-corrected chi connectivity index (χ4v) is 4.05. The topological polar surface area (TPSA) is 102 Å². The van der Waals surface area contributed by atoms with Crippen LogP contribution in [-0.2, 0) is 4.74 Å². The third-order valence-corrected chi connectivity index (χ3v) is 5.95. The number of esters is 1. The summed E-state index contributed by atoms with van der Waals surface area (Å²) in [4.78, 5) is 36.8. The standard InChI is InChI=1S/C25H30N6O3/c1-5-34-24(33)20-15-26-25(31-18(4)14-17(3)29-31)28-22(20)27-21-9-7-6-8-19(21)23(32)30-12-10-16(2)11-13-30/h6-9,14-16H,5,10-13H2,1-4H3,(H,26,27,28). The molecule has 0 unspecified atom stereocenters. The summed E-state index contributed by atoms with van der Waals surface area (Å²) in [6.45, 7) is 9.44. The molecule has 34 heavy (non-hydrogen) atoms. The number of nitrogens with one attached hydrogen (secondary N) is 1. The number of anilines is 2. The molecule has 0 spiro atoms. The Bertz CT molecular complexity index is 1200. The molecule has 178 valence electrons. The Labute approximate surface area is 199 Å². The van der Waals surface area contributed by atoms with E-state index in [0.29, 0.717) is 23.1 Å². The number of aryl methyl sites for hydroxylation is 2. The second kappa shape index (κ2) is 10.0. The van der Waals surface area contributed by atoms with Crippen molar-refractivity contribution >= 4 is 23.4 Å². The van der Waals surface area contributed by atoms with Crippen LogP contribution in [0.15, 0.2) is 36.5 Å². The molecule has 1 fully saturated rings. The number of nitrogens with zero attached hydrogens (tertiary/aromatic N) is 5. The monoisotopic (exact) mass is 462 g/mol. The van der Waals surface area contributed by atoms with Crippen molar-refractivity contribution in [3.05, 3.63) is 59.0 Å². The van der Waals surface area contributed by atoms with Gasteiger partial charge in [0.05, 0.1) is 23.6 Å². The van der Waals surface area contributed by atoms with Gasteiger partial charge in [-0.15, -0.1) is 0 Å². The fourth-order valence-electron chi connectivity index (χ4n) is 4.05. The number of amides is 1. The SMILES string of the molecule is CCOC(=O)c1cnc(-n2nc(C)cc2C)nc1Nc1ccccc1C(=O)N1CCC(C)CC1. The Hall–Kier alpha value is -3.75. The highest BCUT2D eigenvalue weighted by molar-refractivity contribution is 6.01. The van der Waals surface area contributed by atoms with E-state index in [1.54, 1.807) is 23.7 Å². The van der Waals surface area contributed by atoms with Crippen LogP contribution in [0.5, 0.6) is 0 Å². The minimum atomic E-state index is -0.543.